The predicted molar refractivity (Wildman–Crippen MR) is 77.3 cm³/mol. The minimum atomic E-state index is -0.791. The molecule has 104 valence electrons. The fourth-order valence-corrected chi connectivity index (χ4v) is 3.16. The molecule has 1 aliphatic rings. The molecule has 20 heavy (non-hydrogen) atoms. The Morgan fingerprint density at radius 3 is 2.60 bits per heavy atom. The molecule has 0 amide bonds. The first kappa shape index (κ1) is 13.6. The van der Waals surface area contributed by atoms with Crippen molar-refractivity contribution in [2.45, 2.75) is 31.6 Å². The van der Waals surface area contributed by atoms with E-state index < -0.39 is 17.0 Å². The molecule has 0 aromatic heterocycles. The van der Waals surface area contributed by atoms with Crippen LogP contribution in [0.2, 0.25) is 0 Å². The third kappa shape index (κ3) is 2.22. The number of halogens is 3. The number of fused-ring (bicyclic) bond motifs is 1. The fraction of sp³-hybridized carbons (Fsp3) is 0.294. The third-order valence-corrected chi connectivity index (χ3v) is 4.46. The zero-order valence-corrected chi connectivity index (χ0v) is 12.0. The zero-order chi connectivity index (χ0) is 14.3. The second kappa shape index (κ2) is 5.17. The van der Waals surface area contributed by atoms with Crippen molar-refractivity contribution >= 4 is 11.6 Å². The highest BCUT2D eigenvalue weighted by atomic mass is 35.5. The molecular formula is C17H15ClF2. The summed E-state index contributed by atoms with van der Waals surface area (Å²) in [4.78, 5) is 0. The van der Waals surface area contributed by atoms with E-state index in [-0.39, 0.29) is 5.56 Å². The maximum Gasteiger partial charge on any atom is 0.134 e. The van der Waals surface area contributed by atoms with Gasteiger partial charge < -0.3 is 0 Å². The van der Waals surface area contributed by atoms with E-state index in [2.05, 4.69) is 0 Å². The maximum absolute atomic E-state index is 14.1. The molecule has 3 rings (SSSR count). The molecule has 1 unspecified atom stereocenters. The third-order valence-electron chi connectivity index (χ3n) is 3.99. The van der Waals surface area contributed by atoms with Gasteiger partial charge >= 0.3 is 0 Å². The van der Waals surface area contributed by atoms with Gasteiger partial charge in [0.1, 0.15) is 11.6 Å². The van der Waals surface area contributed by atoms with Gasteiger partial charge in [0, 0.05) is 5.56 Å². The normalized spacial score (nSPS) is 15.2. The van der Waals surface area contributed by atoms with Crippen LogP contribution in [-0.2, 0) is 12.8 Å². The Morgan fingerprint density at radius 1 is 1.05 bits per heavy atom. The van der Waals surface area contributed by atoms with Gasteiger partial charge in [0.05, 0.1) is 5.38 Å². The molecule has 1 atom stereocenters. The van der Waals surface area contributed by atoms with Crippen LogP contribution in [0, 0.1) is 18.6 Å². The minimum absolute atomic E-state index is 0.0513. The van der Waals surface area contributed by atoms with Gasteiger partial charge in [0.2, 0.25) is 0 Å². The lowest BCUT2D eigenvalue weighted by molar-refractivity contribution is 0.553. The molecule has 0 radical (unpaired) electrons. The molecule has 0 saturated carbocycles. The van der Waals surface area contributed by atoms with E-state index in [1.165, 1.54) is 23.3 Å². The first-order valence-electron chi connectivity index (χ1n) is 6.78. The number of hydrogen-bond donors (Lipinski definition) is 0. The minimum Gasteiger partial charge on any atom is -0.207 e. The fourth-order valence-electron chi connectivity index (χ4n) is 2.83. The molecular weight excluding hydrogens is 278 g/mol. The Balaban J connectivity index is 2.05. The molecule has 0 N–H and O–H groups in total. The first-order chi connectivity index (χ1) is 9.58. The summed E-state index contributed by atoms with van der Waals surface area (Å²) in [6, 6.07) is 8.60. The quantitative estimate of drug-likeness (QED) is 0.676. The number of hydrogen-bond acceptors (Lipinski definition) is 0. The van der Waals surface area contributed by atoms with Gasteiger partial charge in [-0.3, -0.25) is 0 Å². The average molecular weight is 293 g/mol. The molecule has 0 saturated heterocycles. The van der Waals surface area contributed by atoms with Crippen LogP contribution in [0.3, 0.4) is 0 Å². The molecule has 0 aliphatic heterocycles. The monoisotopic (exact) mass is 292 g/mol. The summed E-state index contributed by atoms with van der Waals surface area (Å²) in [6.45, 7) is 1.62. The Bertz CT molecular complexity index is 664. The van der Waals surface area contributed by atoms with E-state index in [4.69, 9.17) is 11.6 Å². The van der Waals surface area contributed by atoms with Gasteiger partial charge in [-0.25, -0.2) is 8.78 Å². The molecule has 0 fully saturated rings. The number of aryl methyl sites for hydroxylation is 3. The van der Waals surface area contributed by atoms with Crippen molar-refractivity contribution in [3.8, 4) is 0 Å². The first-order valence-corrected chi connectivity index (χ1v) is 7.22. The summed E-state index contributed by atoms with van der Waals surface area (Å²) in [5.74, 6) is -1.14. The predicted octanol–water partition coefficient (Wildman–Crippen LogP) is 5.09. The Morgan fingerprint density at radius 2 is 1.80 bits per heavy atom. The van der Waals surface area contributed by atoms with Crippen molar-refractivity contribution in [2.75, 3.05) is 0 Å². The van der Waals surface area contributed by atoms with Crippen LogP contribution in [0.5, 0.6) is 0 Å². The van der Waals surface area contributed by atoms with Crippen molar-refractivity contribution in [2.24, 2.45) is 0 Å². The van der Waals surface area contributed by atoms with Crippen molar-refractivity contribution in [3.05, 3.63) is 69.8 Å². The average Bonchev–Trinajstić information content (AvgIpc) is 2.90. The Kier molecular flexibility index (Phi) is 3.51. The van der Waals surface area contributed by atoms with Crippen LogP contribution in [0.15, 0.2) is 30.3 Å². The van der Waals surface area contributed by atoms with E-state index in [1.807, 2.05) is 18.2 Å². The van der Waals surface area contributed by atoms with Crippen LogP contribution in [0.25, 0.3) is 0 Å². The highest BCUT2D eigenvalue weighted by molar-refractivity contribution is 6.22. The van der Waals surface area contributed by atoms with Crippen LogP contribution in [0.1, 0.15) is 39.6 Å². The summed E-state index contributed by atoms with van der Waals surface area (Å²) in [5.41, 5.74) is 3.69. The summed E-state index contributed by atoms with van der Waals surface area (Å²) >= 11 is 6.34. The van der Waals surface area contributed by atoms with Crippen molar-refractivity contribution in [3.63, 3.8) is 0 Å². The van der Waals surface area contributed by atoms with Crippen LogP contribution in [0.4, 0.5) is 8.78 Å². The molecule has 1 aliphatic carbocycles. The molecule has 2 aromatic carbocycles. The van der Waals surface area contributed by atoms with E-state index in [0.717, 1.165) is 24.8 Å². The van der Waals surface area contributed by atoms with E-state index in [1.54, 1.807) is 6.92 Å². The van der Waals surface area contributed by atoms with E-state index >= 15 is 0 Å². The van der Waals surface area contributed by atoms with E-state index in [9.17, 15) is 8.78 Å². The zero-order valence-electron chi connectivity index (χ0n) is 11.2. The summed E-state index contributed by atoms with van der Waals surface area (Å²) < 4.78 is 28.1. The largest absolute Gasteiger partial charge is 0.207 e. The smallest absolute Gasteiger partial charge is 0.134 e. The lowest BCUT2D eigenvalue weighted by atomic mass is 9.98. The highest BCUT2D eigenvalue weighted by Gasteiger charge is 2.22. The standard InChI is InChI=1S/C17H15ClF2/c1-10-5-8-14(19)15(17(10)20)16(18)13-7-6-11-3-2-4-12(11)9-13/h5-9,16H,2-4H2,1H3. The van der Waals surface area contributed by atoms with Gasteiger partial charge in [-0.15, -0.1) is 11.6 Å². The van der Waals surface area contributed by atoms with Gasteiger partial charge in [0.15, 0.2) is 0 Å². The molecule has 0 nitrogen and oxygen atoms in total. The lowest BCUT2D eigenvalue weighted by Gasteiger charge is -2.15. The van der Waals surface area contributed by atoms with Crippen LogP contribution in [-0.4, -0.2) is 0 Å². The number of benzene rings is 2. The topological polar surface area (TPSA) is 0 Å². The SMILES string of the molecule is Cc1ccc(F)c(C(Cl)c2ccc3c(c2)CCC3)c1F. The summed E-state index contributed by atoms with van der Waals surface area (Å²) in [5, 5.41) is -0.791. The van der Waals surface area contributed by atoms with Gasteiger partial charge in [0.25, 0.3) is 0 Å². The molecule has 3 heteroatoms. The maximum atomic E-state index is 14.1. The van der Waals surface area contributed by atoms with Crippen molar-refractivity contribution < 1.29 is 8.78 Å². The Hall–Kier alpha value is -1.41. The second-order valence-electron chi connectivity index (χ2n) is 5.34. The molecule has 0 bridgehead atoms. The summed E-state index contributed by atoms with van der Waals surface area (Å²) in [6.07, 6.45) is 3.24. The van der Waals surface area contributed by atoms with Crippen molar-refractivity contribution in [1.29, 1.82) is 0 Å². The molecule has 2 aromatic rings. The van der Waals surface area contributed by atoms with Crippen molar-refractivity contribution in [1.82, 2.24) is 0 Å². The number of alkyl halides is 1. The highest BCUT2D eigenvalue weighted by Crippen LogP contribution is 2.35. The Labute approximate surface area is 122 Å². The van der Waals surface area contributed by atoms with Crippen LogP contribution >= 0.6 is 11.6 Å². The summed E-state index contributed by atoms with van der Waals surface area (Å²) in [7, 11) is 0. The second-order valence-corrected chi connectivity index (χ2v) is 5.77. The molecule has 0 spiro atoms. The number of rotatable bonds is 2. The van der Waals surface area contributed by atoms with Gasteiger partial charge in [-0.05, 0) is 54.5 Å². The van der Waals surface area contributed by atoms with E-state index in [0.29, 0.717) is 5.56 Å². The lowest BCUT2D eigenvalue weighted by Crippen LogP contribution is -2.03. The van der Waals surface area contributed by atoms with Gasteiger partial charge in [-0.2, -0.15) is 0 Å². The van der Waals surface area contributed by atoms with Crippen LogP contribution < -0.4 is 0 Å². The van der Waals surface area contributed by atoms with Gasteiger partial charge in [-0.1, -0.05) is 24.3 Å². The molecule has 0 heterocycles.